The van der Waals surface area contributed by atoms with E-state index < -0.39 is 0 Å². The molecule has 1 amide bonds. The maximum absolute atomic E-state index is 12.1. The molecule has 0 aliphatic carbocycles. The lowest BCUT2D eigenvalue weighted by Crippen LogP contribution is -2.29. The van der Waals surface area contributed by atoms with E-state index in [2.05, 4.69) is 10.3 Å². The minimum absolute atomic E-state index is 0.0574. The fourth-order valence-electron chi connectivity index (χ4n) is 2.02. The molecular weight excluding hydrogens is 218 g/mol. The number of hydrogen-bond acceptors (Lipinski definition) is 4. The third kappa shape index (κ3) is 2.55. The monoisotopic (exact) mass is 235 g/mol. The Labute approximate surface area is 100 Å². The zero-order valence-electron chi connectivity index (χ0n) is 9.89. The van der Waals surface area contributed by atoms with Crippen molar-refractivity contribution in [3.63, 3.8) is 0 Å². The molecule has 0 radical (unpaired) electrons. The number of pyridine rings is 1. The van der Waals surface area contributed by atoms with Crippen LogP contribution in [0.5, 0.6) is 0 Å². The summed E-state index contributed by atoms with van der Waals surface area (Å²) in [5, 5.41) is 12.0. The largest absolute Gasteiger partial charge is 0.396 e. The number of aromatic nitrogens is 1. The Balaban J connectivity index is 2.09. The fourth-order valence-corrected chi connectivity index (χ4v) is 2.02. The number of nitrogens with one attached hydrogen (secondary N) is 1. The number of aliphatic hydroxyl groups excluding tert-OH is 1. The van der Waals surface area contributed by atoms with Gasteiger partial charge in [-0.25, -0.2) is 4.98 Å². The summed E-state index contributed by atoms with van der Waals surface area (Å²) in [5.74, 6) is 0.846. The highest BCUT2D eigenvalue weighted by Crippen LogP contribution is 2.18. The fraction of sp³-hybridized carbons (Fsp3) is 0.500. The van der Waals surface area contributed by atoms with Crippen molar-refractivity contribution in [2.45, 2.75) is 6.42 Å². The Hall–Kier alpha value is -1.62. The lowest BCUT2D eigenvalue weighted by atomic mass is 10.1. The van der Waals surface area contributed by atoms with Gasteiger partial charge in [-0.1, -0.05) is 6.07 Å². The van der Waals surface area contributed by atoms with Crippen LogP contribution in [-0.4, -0.2) is 47.6 Å². The van der Waals surface area contributed by atoms with Crippen LogP contribution in [0.1, 0.15) is 16.9 Å². The molecule has 1 fully saturated rings. The van der Waals surface area contributed by atoms with Crippen LogP contribution in [0.4, 0.5) is 5.82 Å². The Morgan fingerprint density at radius 3 is 3.12 bits per heavy atom. The third-order valence-corrected chi connectivity index (χ3v) is 3.06. The number of anilines is 1. The molecule has 2 N–H and O–H groups in total. The first-order valence-electron chi connectivity index (χ1n) is 5.79. The van der Waals surface area contributed by atoms with Crippen LogP contribution >= 0.6 is 0 Å². The molecule has 0 spiro atoms. The number of aliphatic hydroxyl groups is 1. The van der Waals surface area contributed by atoms with Gasteiger partial charge in [-0.2, -0.15) is 0 Å². The zero-order valence-corrected chi connectivity index (χ0v) is 9.89. The zero-order chi connectivity index (χ0) is 12.3. The minimum Gasteiger partial charge on any atom is -0.396 e. The summed E-state index contributed by atoms with van der Waals surface area (Å²) in [7, 11) is 1.77. The molecule has 5 heteroatoms. The molecule has 0 saturated carbocycles. The van der Waals surface area contributed by atoms with Crippen molar-refractivity contribution < 1.29 is 9.90 Å². The Morgan fingerprint density at radius 1 is 1.65 bits per heavy atom. The Kier molecular flexibility index (Phi) is 3.58. The van der Waals surface area contributed by atoms with Crippen LogP contribution in [0.25, 0.3) is 0 Å². The number of amides is 1. The van der Waals surface area contributed by atoms with Crippen molar-refractivity contribution in [2.24, 2.45) is 5.92 Å². The second-order valence-corrected chi connectivity index (χ2v) is 4.25. The summed E-state index contributed by atoms with van der Waals surface area (Å²) < 4.78 is 0. The van der Waals surface area contributed by atoms with Crippen LogP contribution in [0.15, 0.2) is 18.2 Å². The number of hydrogen-bond donors (Lipinski definition) is 2. The predicted molar refractivity (Wildman–Crippen MR) is 64.9 cm³/mol. The van der Waals surface area contributed by atoms with Gasteiger partial charge in [0, 0.05) is 32.7 Å². The van der Waals surface area contributed by atoms with E-state index in [1.807, 2.05) is 12.1 Å². The molecule has 1 atom stereocenters. The van der Waals surface area contributed by atoms with Crippen LogP contribution in [0, 0.1) is 5.92 Å². The molecule has 17 heavy (non-hydrogen) atoms. The van der Waals surface area contributed by atoms with Gasteiger partial charge in [-0.05, 0) is 18.6 Å². The molecular formula is C12H17N3O2. The summed E-state index contributed by atoms with van der Waals surface area (Å²) in [5.41, 5.74) is 0.454. The predicted octanol–water partition coefficient (Wildman–Crippen LogP) is 0.578. The average Bonchev–Trinajstić information content (AvgIpc) is 2.86. The molecule has 0 bridgehead atoms. The summed E-state index contributed by atoms with van der Waals surface area (Å²) >= 11 is 0. The van der Waals surface area contributed by atoms with Crippen LogP contribution < -0.4 is 5.32 Å². The van der Waals surface area contributed by atoms with Gasteiger partial charge in [0.25, 0.3) is 5.91 Å². The van der Waals surface area contributed by atoms with E-state index in [1.165, 1.54) is 0 Å². The molecule has 5 nitrogen and oxygen atoms in total. The van der Waals surface area contributed by atoms with Crippen LogP contribution in [0.3, 0.4) is 0 Å². The second-order valence-electron chi connectivity index (χ2n) is 4.25. The highest BCUT2D eigenvalue weighted by Gasteiger charge is 2.26. The van der Waals surface area contributed by atoms with E-state index in [9.17, 15) is 4.79 Å². The Morgan fingerprint density at radius 2 is 2.47 bits per heavy atom. The first kappa shape index (κ1) is 11.9. The molecule has 1 aromatic rings. The van der Waals surface area contributed by atoms with Gasteiger partial charge in [0.1, 0.15) is 11.5 Å². The highest BCUT2D eigenvalue weighted by molar-refractivity contribution is 5.92. The van der Waals surface area contributed by atoms with Gasteiger partial charge in [0.05, 0.1) is 0 Å². The van der Waals surface area contributed by atoms with Gasteiger partial charge in [-0.3, -0.25) is 4.79 Å². The highest BCUT2D eigenvalue weighted by atomic mass is 16.3. The van der Waals surface area contributed by atoms with Crippen molar-refractivity contribution in [3.05, 3.63) is 23.9 Å². The standard InChI is InChI=1S/C12H17N3O2/c1-13-11-4-2-3-10(14-11)12(17)15-6-5-9(7-15)8-16/h2-4,9,16H,5-8H2,1H3,(H,13,14). The van der Waals surface area contributed by atoms with Gasteiger partial charge in [-0.15, -0.1) is 0 Å². The summed E-state index contributed by atoms with van der Waals surface area (Å²) in [4.78, 5) is 18.1. The van der Waals surface area contributed by atoms with Crippen molar-refractivity contribution >= 4 is 11.7 Å². The minimum atomic E-state index is -0.0574. The lowest BCUT2D eigenvalue weighted by Gasteiger charge is -2.15. The van der Waals surface area contributed by atoms with Crippen molar-refractivity contribution in [3.8, 4) is 0 Å². The lowest BCUT2D eigenvalue weighted by molar-refractivity contribution is 0.0776. The maximum Gasteiger partial charge on any atom is 0.272 e. The molecule has 92 valence electrons. The van der Waals surface area contributed by atoms with Crippen molar-refractivity contribution in [2.75, 3.05) is 32.1 Å². The van der Waals surface area contributed by atoms with E-state index in [0.29, 0.717) is 24.6 Å². The number of carbonyl (C=O) groups excluding carboxylic acids is 1. The normalized spacial score (nSPS) is 19.4. The van der Waals surface area contributed by atoms with Gasteiger partial charge >= 0.3 is 0 Å². The van der Waals surface area contributed by atoms with Crippen LogP contribution in [0.2, 0.25) is 0 Å². The Bertz CT molecular complexity index is 408. The van der Waals surface area contributed by atoms with Gasteiger partial charge in [0.15, 0.2) is 0 Å². The second kappa shape index (κ2) is 5.14. The molecule has 2 rings (SSSR count). The molecule has 0 aromatic carbocycles. The summed E-state index contributed by atoms with van der Waals surface area (Å²) in [6, 6.07) is 5.35. The average molecular weight is 235 g/mol. The molecule has 1 saturated heterocycles. The van der Waals surface area contributed by atoms with E-state index in [-0.39, 0.29) is 18.4 Å². The van der Waals surface area contributed by atoms with E-state index in [1.54, 1.807) is 18.0 Å². The molecule has 1 aliphatic rings. The molecule has 1 unspecified atom stereocenters. The summed E-state index contributed by atoms with van der Waals surface area (Å²) in [6.45, 7) is 1.48. The quantitative estimate of drug-likeness (QED) is 0.804. The van der Waals surface area contributed by atoms with Gasteiger partial charge in [0.2, 0.25) is 0 Å². The topological polar surface area (TPSA) is 65.5 Å². The summed E-state index contributed by atoms with van der Waals surface area (Å²) in [6.07, 6.45) is 0.869. The number of carbonyl (C=O) groups is 1. The molecule has 1 aliphatic heterocycles. The van der Waals surface area contributed by atoms with Crippen LogP contribution in [-0.2, 0) is 0 Å². The number of nitrogens with zero attached hydrogens (tertiary/aromatic N) is 2. The van der Waals surface area contributed by atoms with Gasteiger partial charge < -0.3 is 15.3 Å². The molecule has 1 aromatic heterocycles. The van der Waals surface area contributed by atoms with E-state index >= 15 is 0 Å². The first-order chi connectivity index (χ1) is 8.24. The smallest absolute Gasteiger partial charge is 0.272 e. The first-order valence-corrected chi connectivity index (χ1v) is 5.79. The van der Waals surface area contributed by atoms with Crippen molar-refractivity contribution in [1.82, 2.24) is 9.88 Å². The number of likely N-dealkylation sites (tertiary alicyclic amines) is 1. The third-order valence-electron chi connectivity index (χ3n) is 3.06. The maximum atomic E-state index is 12.1. The van der Waals surface area contributed by atoms with E-state index in [4.69, 9.17) is 5.11 Å². The van der Waals surface area contributed by atoms with Crippen molar-refractivity contribution in [1.29, 1.82) is 0 Å². The number of rotatable bonds is 3. The molecule has 2 heterocycles. The SMILES string of the molecule is CNc1cccc(C(=O)N2CCC(CO)C2)n1. The van der Waals surface area contributed by atoms with E-state index in [0.717, 1.165) is 6.42 Å².